The molecule has 1 heterocycles. The molecular weight excluding hydrogens is 452 g/mol. The fourth-order valence-electron chi connectivity index (χ4n) is 5.51. The van der Waals surface area contributed by atoms with Gasteiger partial charge in [0.25, 0.3) is 0 Å². The van der Waals surface area contributed by atoms with E-state index >= 15 is 0 Å². The summed E-state index contributed by atoms with van der Waals surface area (Å²) in [7, 11) is 0. The van der Waals surface area contributed by atoms with E-state index in [1.807, 2.05) is 12.1 Å². The molecule has 2 N–H and O–H groups in total. The van der Waals surface area contributed by atoms with Crippen molar-refractivity contribution in [2.24, 2.45) is 5.92 Å². The Kier molecular flexibility index (Phi) is 8.55. The molecule has 2 aromatic rings. The lowest BCUT2D eigenvalue weighted by Gasteiger charge is -2.36. The van der Waals surface area contributed by atoms with Crippen molar-refractivity contribution in [2.45, 2.75) is 83.3 Å². The lowest BCUT2D eigenvalue weighted by Crippen LogP contribution is -2.38. The van der Waals surface area contributed by atoms with Crippen LogP contribution < -0.4 is 15.0 Å². The van der Waals surface area contributed by atoms with Gasteiger partial charge in [0.2, 0.25) is 5.91 Å². The van der Waals surface area contributed by atoms with E-state index < -0.39 is 11.6 Å². The number of carbonyl (C=O) groups excluding carboxylic acids is 1. The highest BCUT2D eigenvalue weighted by molar-refractivity contribution is 5.79. The monoisotopic (exact) mass is 492 g/mol. The average molecular weight is 493 g/mol. The molecule has 6 nitrogen and oxygen atoms in total. The van der Waals surface area contributed by atoms with Crippen LogP contribution in [0, 0.1) is 5.92 Å². The summed E-state index contributed by atoms with van der Waals surface area (Å²) >= 11 is 0. The molecule has 1 saturated heterocycles. The summed E-state index contributed by atoms with van der Waals surface area (Å²) in [6, 6.07) is 15.8. The SMILES string of the molecule is CC(C)(Oc1ccc(CC(=O)NC(c2ccccc2N2CCCCC2)C2CCCCC2)cc1)C(=O)O. The summed E-state index contributed by atoms with van der Waals surface area (Å²) in [5.74, 6) is -0.0899. The van der Waals surface area contributed by atoms with Crippen molar-refractivity contribution in [1.29, 1.82) is 0 Å². The molecule has 1 aliphatic carbocycles. The Bertz CT molecular complexity index is 1020. The van der Waals surface area contributed by atoms with Gasteiger partial charge < -0.3 is 20.1 Å². The smallest absolute Gasteiger partial charge is 0.347 e. The molecule has 1 atom stereocenters. The molecule has 1 saturated carbocycles. The number of carboxylic acids is 1. The summed E-state index contributed by atoms with van der Waals surface area (Å²) in [4.78, 5) is 27.1. The molecule has 2 fully saturated rings. The molecule has 2 aliphatic rings. The van der Waals surface area contributed by atoms with Gasteiger partial charge in [-0.3, -0.25) is 4.79 Å². The van der Waals surface area contributed by atoms with Crippen molar-refractivity contribution in [1.82, 2.24) is 5.32 Å². The molecule has 194 valence electrons. The molecule has 0 aromatic heterocycles. The first kappa shape index (κ1) is 26.1. The number of aliphatic carboxylic acids is 1. The minimum absolute atomic E-state index is 0.00917. The van der Waals surface area contributed by atoms with Gasteiger partial charge in [0, 0.05) is 18.8 Å². The van der Waals surface area contributed by atoms with Gasteiger partial charge in [-0.2, -0.15) is 0 Å². The molecule has 2 aromatic carbocycles. The van der Waals surface area contributed by atoms with E-state index in [0.29, 0.717) is 11.7 Å². The van der Waals surface area contributed by atoms with Gasteiger partial charge in [-0.05, 0) is 81.2 Å². The Morgan fingerprint density at radius 2 is 1.61 bits per heavy atom. The number of para-hydroxylation sites is 1. The highest BCUT2D eigenvalue weighted by Gasteiger charge is 2.31. The first-order valence-electron chi connectivity index (χ1n) is 13.5. The Morgan fingerprint density at radius 1 is 0.972 bits per heavy atom. The van der Waals surface area contributed by atoms with Crippen LogP contribution in [0.15, 0.2) is 48.5 Å². The second-order valence-electron chi connectivity index (χ2n) is 10.8. The molecule has 6 heteroatoms. The van der Waals surface area contributed by atoms with Crippen LogP contribution in [0.4, 0.5) is 5.69 Å². The van der Waals surface area contributed by atoms with Crippen molar-refractivity contribution < 1.29 is 19.4 Å². The van der Waals surface area contributed by atoms with Gasteiger partial charge in [-0.1, -0.05) is 49.6 Å². The Labute approximate surface area is 215 Å². The van der Waals surface area contributed by atoms with Gasteiger partial charge >= 0.3 is 5.97 Å². The summed E-state index contributed by atoms with van der Waals surface area (Å²) in [6.07, 6.45) is 10.0. The predicted molar refractivity (Wildman–Crippen MR) is 142 cm³/mol. The summed E-state index contributed by atoms with van der Waals surface area (Å²) in [6.45, 7) is 5.19. The lowest BCUT2D eigenvalue weighted by atomic mass is 9.80. The van der Waals surface area contributed by atoms with Crippen molar-refractivity contribution in [3.63, 3.8) is 0 Å². The number of nitrogens with zero attached hydrogens (tertiary/aromatic N) is 1. The molecule has 0 bridgehead atoms. The quantitative estimate of drug-likeness (QED) is 0.456. The summed E-state index contributed by atoms with van der Waals surface area (Å²) in [5, 5.41) is 12.7. The number of carboxylic acid groups (broad SMARTS) is 1. The predicted octanol–water partition coefficient (Wildman–Crippen LogP) is 5.90. The second-order valence-corrected chi connectivity index (χ2v) is 10.8. The van der Waals surface area contributed by atoms with Crippen LogP contribution >= 0.6 is 0 Å². The summed E-state index contributed by atoms with van der Waals surface area (Å²) < 4.78 is 5.59. The second kappa shape index (κ2) is 11.8. The van der Waals surface area contributed by atoms with Crippen molar-refractivity contribution in [3.8, 4) is 5.75 Å². The minimum atomic E-state index is -1.31. The van der Waals surface area contributed by atoms with Crippen LogP contribution in [0.25, 0.3) is 0 Å². The summed E-state index contributed by atoms with van der Waals surface area (Å²) in [5.41, 5.74) is 2.09. The molecular formula is C30H40N2O4. The van der Waals surface area contributed by atoms with Gasteiger partial charge in [0.05, 0.1) is 12.5 Å². The van der Waals surface area contributed by atoms with E-state index in [0.717, 1.165) is 31.5 Å². The van der Waals surface area contributed by atoms with Crippen LogP contribution in [0.2, 0.25) is 0 Å². The number of carbonyl (C=O) groups is 2. The maximum absolute atomic E-state index is 13.3. The third kappa shape index (κ3) is 6.59. The fraction of sp³-hybridized carbons (Fsp3) is 0.533. The first-order valence-corrected chi connectivity index (χ1v) is 13.5. The maximum Gasteiger partial charge on any atom is 0.347 e. The molecule has 1 amide bonds. The number of ether oxygens (including phenoxy) is 1. The van der Waals surface area contributed by atoms with Crippen LogP contribution in [0.5, 0.6) is 5.75 Å². The van der Waals surface area contributed by atoms with E-state index in [1.54, 1.807) is 12.1 Å². The molecule has 36 heavy (non-hydrogen) atoms. The van der Waals surface area contributed by atoms with Gasteiger partial charge in [0.15, 0.2) is 5.60 Å². The number of benzene rings is 2. The third-order valence-corrected chi connectivity index (χ3v) is 7.58. The number of hydrogen-bond donors (Lipinski definition) is 2. The van der Waals surface area contributed by atoms with E-state index in [-0.39, 0.29) is 18.4 Å². The number of hydrogen-bond acceptors (Lipinski definition) is 4. The van der Waals surface area contributed by atoms with Crippen LogP contribution in [-0.4, -0.2) is 35.7 Å². The number of anilines is 1. The average Bonchev–Trinajstić information content (AvgIpc) is 2.89. The third-order valence-electron chi connectivity index (χ3n) is 7.58. The number of piperidine rings is 1. The van der Waals surface area contributed by atoms with Gasteiger partial charge in [-0.15, -0.1) is 0 Å². The normalized spacial score (nSPS) is 17.9. The first-order chi connectivity index (χ1) is 17.3. The zero-order chi connectivity index (χ0) is 25.5. The highest BCUT2D eigenvalue weighted by atomic mass is 16.5. The fourth-order valence-corrected chi connectivity index (χ4v) is 5.51. The van der Waals surface area contributed by atoms with Crippen molar-refractivity contribution in [2.75, 3.05) is 18.0 Å². The van der Waals surface area contributed by atoms with Crippen LogP contribution in [0.3, 0.4) is 0 Å². The van der Waals surface area contributed by atoms with Crippen molar-refractivity contribution >= 4 is 17.6 Å². The number of amides is 1. The van der Waals surface area contributed by atoms with Crippen LogP contribution in [-0.2, 0) is 16.0 Å². The van der Waals surface area contributed by atoms with E-state index in [4.69, 9.17) is 4.74 Å². The Balaban J connectivity index is 1.49. The molecule has 0 spiro atoms. The van der Waals surface area contributed by atoms with Gasteiger partial charge in [-0.25, -0.2) is 4.79 Å². The minimum Gasteiger partial charge on any atom is -0.478 e. The van der Waals surface area contributed by atoms with Crippen molar-refractivity contribution in [3.05, 3.63) is 59.7 Å². The topological polar surface area (TPSA) is 78.9 Å². The number of nitrogens with one attached hydrogen (secondary N) is 1. The molecule has 0 radical (unpaired) electrons. The Morgan fingerprint density at radius 3 is 2.28 bits per heavy atom. The van der Waals surface area contributed by atoms with E-state index in [2.05, 4.69) is 34.5 Å². The number of rotatable bonds is 9. The zero-order valence-electron chi connectivity index (χ0n) is 21.7. The lowest BCUT2D eigenvalue weighted by molar-refractivity contribution is -0.152. The zero-order valence-corrected chi connectivity index (χ0v) is 21.7. The molecule has 4 rings (SSSR count). The molecule has 1 aliphatic heterocycles. The van der Waals surface area contributed by atoms with Gasteiger partial charge in [0.1, 0.15) is 5.75 Å². The highest BCUT2D eigenvalue weighted by Crippen LogP contribution is 2.39. The van der Waals surface area contributed by atoms with E-state index in [1.165, 1.54) is 63.6 Å². The largest absolute Gasteiger partial charge is 0.478 e. The Hall–Kier alpha value is -3.02. The van der Waals surface area contributed by atoms with Crippen LogP contribution in [0.1, 0.15) is 82.4 Å². The molecule has 1 unspecified atom stereocenters. The van der Waals surface area contributed by atoms with E-state index in [9.17, 15) is 14.7 Å². The standard InChI is InChI=1S/C30H40N2O4/c1-30(2,29(34)35)36-24-17-15-22(16-18-24)21-27(33)31-28(23-11-5-3-6-12-23)25-13-7-8-14-26(25)32-19-9-4-10-20-32/h7-8,13-18,23,28H,3-6,9-12,19-21H2,1-2H3,(H,31,33)(H,34,35). The maximum atomic E-state index is 13.3.